The zero-order valence-corrected chi connectivity index (χ0v) is 18.2. The summed E-state index contributed by atoms with van der Waals surface area (Å²) >= 11 is 0. The molecule has 1 atom stereocenters. The summed E-state index contributed by atoms with van der Waals surface area (Å²) in [5.41, 5.74) is -1.15. The highest BCUT2D eigenvalue weighted by Crippen LogP contribution is 2.34. The quantitative estimate of drug-likeness (QED) is 0.641. The maximum absolute atomic E-state index is 13.1. The number of nitrogens with one attached hydrogen (secondary N) is 1. The molecule has 1 aromatic carbocycles. The Morgan fingerprint density at radius 2 is 1.74 bits per heavy atom. The third-order valence-corrected chi connectivity index (χ3v) is 5.17. The molecule has 0 aromatic heterocycles. The molecule has 1 fully saturated rings. The summed E-state index contributed by atoms with van der Waals surface area (Å²) in [6.07, 6.45) is -5.08. The van der Waals surface area contributed by atoms with Crippen molar-refractivity contribution in [3.63, 3.8) is 0 Å². The molecule has 2 N–H and O–H groups in total. The lowest BCUT2D eigenvalue weighted by molar-refractivity contribution is -0.137. The van der Waals surface area contributed by atoms with E-state index in [1.807, 2.05) is 23.6 Å². The van der Waals surface area contributed by atoms with E-state index in [4.69, 9.17) is 0 Å². The van der Waals surface area contributed by atoms with Gasteiger partial charge in [-0.1, -0.05) is 12.1 Å². The Morgan fingerprint density at radius 1 is 1.13 bits per heavy atom. The minimum absolute atomic E-state index is 0.0439. The van der Waals surface area contributed by atoms with Crippen molar-refractivity contribution >= 4 is 17.5 Å². The fraction of sp³-hybridized carbons (Fsp3) is 0.619. The summed E-state index contributed by atoms with van der Waals surface area (Å²) in [5, 5.41) is 12.0. The molecule has 1 saturated heterocycles. The predicted octanol–water partition coefficient (Wildman–Crippen LogP) is 1.88. The first-order valence-corrected chi connectivity index (χ1v) is 10.4. The number of amides is 2. The van der Waals surface area contributed by atoms with Gasteiger partial charge in [0, 0.05) is 38.8 Å². The van der Waals surface area contributed by atoms with Gasteiger partial charge < -0.3 is 15.3 Å². The number of halogens is 3. The highest BCUT2D eigenvalue weighted by atomic mass is 19.4. The number of aliphatic hydroxyl groups is 1. The maximum atomic E-state index is 13.1. The Hall–Kier alpha value is -2.17. The summed E-state index contributed by atoms with van der Waals surface area (Å²) in [5.74, 6) is -0.572. The van der Waals surface area contributed by atoms with Gasteiger partial charge in [-0.3, -0.25) is 19.4 Å². The fourth-order valence-corrected chi connectivity index (χ4v) is 3.46. The highest BCUT2D eigenvalue weighted by Gasteiger charge is 2.33. The topological polar surface area (TPSA) is 76.1 Å². The second kappa shape index (κ2) is 10.9. The first-order valence-electron chi connectivity index (χ1n) is 10.4. The van der Waals surface area contributed by atoms with Gasteiger partial charge in [-0.2, -0.15) is 13.2 Å². The van der Waals surface area contributed by atoms with Crippen LogP contribution in [0.2, 0.25) is 0 Å². The lowest BCUT2D eigenvalue weighted by atomic mass is 10.1. The molecule has 2 amide bonds. The van der Waals surface area contributed by atoms with Crippen LogP contribution < -0.4 is 5.32 Å². The number of benzene rings is 1. The van der Waals surface area contributed by atoms with Crippen molar-refractivity contribution in [2.24, 2.45) is 0 Å². The normalized spacial score (nSPS) is 16.6. The molecule has 174 valence electrons. The number of carbonyl (C=O) groups excluding carboxylic acids is 2. The van der Waals surface area contributed by atoms with E-state index in [2.05, 4.69) is 5.32 Å². The molecule has 0 spiro atoms. The van der Waals surface area contributed by atoms with E-state index in [0.29, 0.717) is 32.7 Å². The highest BCUT2D eigenvalue weighted by molar-refractivity contribution is 5.93. The summed E-state index contributed by atoms with van der Waals surface area (Å²) in [6.45, 7) is 7.95. The number of piperazine rings is 1. The van der Waals surface area contributed by atoms with Crippen LogP contribution in [0.1, 0.15) is 26.3 Å². The van der Waals surface area contributed by atoms with E-state index < -0.39 is 23.8 Å². The zero-order valence-electron chi connectivity index (χ0n) is 18.2. The van der Waals surface area contributed by atoms with Crippen LogP contribution in [0, 0.1) is 0 Å². The van der Waals surface area contributed by atoms with Crippen molar-refractivity contribution in [3.05, 3.63) is 29.8 Å². The molecule has 1 aliphatic rings. The van der Waals surface area contributed by atoms with E-state index in [0.717, 1.165) is 6.07 Å². The van der Waals surface area contributed by atoms with Crippen LogP contribution in [0.3, 0.4) is 0 Å². The second-order valence-electron chi connectivity index (χ2n) is 8.12. The van der Waals surface area contributed by atoms with Crippen LogP contribution in [0.5, 0.6) is 0 Å². The Kier molecular flexibility index (Phi) is 8.84. The molecular formula is C21H31F3N4O3. The SMILES string of the molecule is CC(O)CN(CC(=O)N1CCN(CC(=O)Nc2ccccc2C(F)(F)F)CC1)C(C)C. The van der Waals surface area contributed by atoms with Gasteiger partial charge in [0.15, 0.2) is 0 Å². The van der Waals surface area contributed by atoms with Gasteiger partial charge in [0.2, 0.25) is 11.8 Å². The largest absolute Gasteiger partial charge is 0.418 e. The van der Waals surface area contributed by atoms with Gasteiger partial charge in [0.25, 0.3) is 0 Å². The summed E-state index contributed by atoms with van der Waals surface area (Å²) < 4.78 is 39.2. The Morgan fingerprint density at radius 3 is 2.29 bits per heavy atom. The number of aliphatic hydroxyl groups excluding tert-OH is 1. The van der Waals surface area contributed by atoms with Crippen molar-refractivity contribution in [3.8, 4) is 0 Å². The van der Waals surface area contributed by atoms with Crippen LogP contribution >= 0.6 is 0 Å². The van der Waals surface area contributed by atoms with Crippen LogP contribution in [-0.2, 0) is 15.8 Å². The number of para-hydroxylation sites is 1. The molecule has 0 aliphatic carbocycles. The Balaban J connectivity index is 1.84. The van der Waals surface area contributed by atoms with E-state index in [1.165, 1.54) is 18.2 Å². The minimum Gasteiger partial charge on any atom is -0.392 e. The summed E-state index contributed by atoms with van der Waals surface area (Å²) in [7, 11) is 0. The summed E-state index contributed by atoms with van der Waals surface area (Å²) in [4.78, 5) is 30.3. The molecule has 31 heavy (non-hydrogen) atoms. The molecule has 1 unspecified atom stereocenters. The van der Waals surface area contributed by atoms with Gasteiger partial charge in [-0.05, 0) is 32.9 Å². The van der Waals surface area contributed by atoms with Crippen molar-refractivity contribution < 1.29 is 27.9 Å². The third kappa shape index (κ3) is 7.79. The Bertz CT molecular complexity index is 748. The van der Waals surface area contributed by atoms with Gasteiger partial charge in [-0.15, -0.1) is 0 Å². The molecule has 0 saturated carbocycles. The van der Waals surface area contributed by atoms with Crippen molar-refractivity contribution in [2.75, 3.05) is 51.1 Å². The first-order chi connectivity index (χ1) is 14.5. The number of carbonyl (C=O) groups is 2. The number of rotatable bonds is 8. The molecule has 1 aliphatic heterocycles. The molecule has 1 heterocycles. The van der Waals surface area contributed by atoms with E-state index in [1.54, 1.807) is 11.8 Å². The van der Waals surface area contributed by atoms with E-state index in [9.17, 15) is 27.9 Å². The minimum atomic E-state index is -4.55. The van der Waals surface area contributed by atoms with Crippen molar-refractivity contribution in [1.29, 1.82) is 0 Å². The van der Waals surface area contributed by atoms with Crippen molar-refractivity contribution in [2.45, 2.75) is 39.1 Å². The maximum Gasteiger partial charge on any atom is 0.418 e. The standard InChI is InChI=1S/C21H31F3N4O3/c1-15(2)28(12-16(3)29)14-20(31)27-10-8-26(9-11-27)13-19(30)25-18-7-5-4-6-17(18)21(22,23)24/h4-7,15-16,29H,8-14H2,1-3H3,(H,25,30). The van der Waals surface area contributed by atoms with Crippen molar-refractivity contribution in [1.82, 2.24) is 14.7 Å². The predicted molar refractivity (Wildman–Crippen MR) is 111 cm³/mol. The molecule has 0 bridgehead atoms. The average molecular weight is 444 g/mol. The number of nitrogens with zero attached hydrogens (tertiary/aromatic N) is 3. The number of hydrogen-bond donors (Lipinski definition) is 2. The van der Waals surface area contributed by atoms with Crippen LogP contribution in [0.4, 0.5) is 18.9 Å². The Labute approximate surface area is 180 Å². The van der Waals surface area contributed by atoms with Crippen LogP contribution in [-0.4, -0.2) is 89.6 Å². The van der Waals surface area contributed by atoms with Crippen LogP contribution in [0.15, 0.2) is 24.3 Å². The van der Waals surface area contributed by atoms with E-state index >= 15 is 0 Å². The zero-order chi connectivity index (χ0) is 23.2. The molecule has 2 rings (SSSR count). The molecular weight excluding hydrogens is 413 g/mol. The second-order valence-corrected chi connectivity index (χ2v) is 8.12. The van der Waals surface area contributed by atoms with Crippen LogP contribution in [0.25, 0.3) is 0 Å². The summed E-state index contributed by atoms with van der Waals surface area (Å²) in [6, 6.07) is 4.98. The first kappa shape index (κ1) is 25.1. The van der Waals surface area contributed by atoms with E-state index in [-0.39, 0.29) is 30.7 Å². The number of alkyl halides is 3. The fourth-order valence-electron chi connectivity index (χ4n) is 3.46. The molecule has 10 heteroatoms. The average Bonchev–Trinajstić information content (AvgIpc) is 2.67. The number of anilines is 1. The van der Waals surface area contributed by atoms with Gasteiger partial charge in [0.1, 0.15) is 0 Å². The molecule has 0 radical (unpaired) electrons. The van der Waals surface area contributed by atoms with Gasteiger partial charge in [-0.25, -0.2) is 0 Å². The molecule has 7 nitrogen and oxygen atoms in total. The van der Waals surface area contributed by atoms with Gasteiger partial charge in [0.05, 0.1) is 30.4 Å². The lowest BCUT2D eigenvalue weighted by Gasteiger charge is -2.36. The smallest absolute Gasteiger partial charge is 0.392 e. The molecule has 1 aromatic rings. The third-order valence-electron chi connectivity index (χ3n) is 5.17. The monoisotopic (exact) mass is 444 g/mol. The van der Waals surface area contributed by atoms with Gasteiger partial charge >= 0.3 is 6.18 Å². The number of hydrogen-bond acceptors (Lipinski definition) is 5. The lowest BCUT2D eigenvalue weighted by Crippen LogP contribution is -2.53.